The number of carbonyl (C=O) groups excluding carboxylic acids is 1. The van der Waals surface area contributed by atoms with Gasteiger partial charge in [0, 0.05) is 19.0 Å². The van der Waals surface area contributed by atoms with Crippen molar-refractivity contribution in [3.05, 3.63) is 35.9 Å². The molecule has 2 rings (SSSR count). The summed E-state index contributed by atoms with van der Waals surface area (Å²) in [7, 11) is 0. The fourth-order valence-corrected chi connectivity index (χ4v) is 2.80. The predicted molar refractivity (Wildman–Crippen MR) is 76.4 cm³/mol. The second kappa shape index (κ2) is 5.57. The van der Waals surface area contributed by atoms with Crippen molar-refractivity contribution < 1.29 is 22.7 Å². The predicted octanol–water partition coefficient (Wildman–Crippen LogP) is 3.26. The maximum atomic E-state index is 13.8. The summed E-state index contributed by atoms with van der Waals surface area (Å²) in [6, 6.07) is 8.30. The van der Waals surface area contributed by atoms with Crippen molar-refractivity contribution >= 4 is 5.97 Å². The number of esters is 1. The molecule has 0 amide bonds. The molecular weight excluding hydrogens is 295 g/mol. The Morgan fingerprint density at radius 1 is 1.23 bits per heavy atom. The minimum absolute atomic E-state index is 0.0861. The van der Waals surface area contributed by atoms with Crippen LogP contribution in [0.2, 0.25) is 0 Å². The largest absolute Gasteiger partial charge is 0.459 e. The third kappa shape index (κ3) is 2.97. The summed E-state index contributed by atoms with van der Waals surface area (Å²) in [6.07, 6.45) is -4.70. The number of halogens is 3. The van der Waals surface area contributed by atoms with E-state index in [-0.39, 0.29) is 6.54 Å². The second-order valence-electron chi connectivity index (χ2n) is 6.57. The summed E-state index contributed by atoms with van der Waals surface area (Å²) in [4.78, 5) is 12.4. The van der Waals surface area contributed by atoms with Crippen LogP contribution in [0.5, 0.6) is 0 Å². The molecule has 0 saturated carbocycles. The molecule has 22 heavy (non-hydrogen) atoms. The number of carbonyl (C=O) groups is 1. The summed E-state index contributed by atoms with van der Waals surface area (Å²) in [5, 5.41) is 2.71. The molecule has 0 spiro atoms. The monoisotopic (exact) mass is 315 g/mol. The minimum Gasteiger partial charge on any atom is -0.459 e. The Morgan fingerprint density at radius 3 is 2.32 bits per heavy atom. The number of ether oxygens (including phenoxy) is 1. The molecule has 122 valence electrons. The van der Waals surface area contributed by atoms with E-state index in [4.69, 9.17) is 4.74 Å². The number of benzene rings is 1. The number of alkyl halides is 3. The van der Waals surface area contributed by atoms with E-state index in [2.05, 4.69) is 5.32 Å². The van der Waals surface area contributed by atoms with Gasteiger partial charge in [-0.3, -0.25) is 4.79 Å². The first-order valence-electron chi connectivity index (χ1n) is 7.14. The highest BCUT2D eigenvalue weighted by Gasteiger charge is 2.68. The van der Waals surface area contributed by atoms with Crippen molar-refractivity contribution in [2.45, 2.75) is 38.5 Å². The van der Waals surface area contributed by atoms with Crippen LogP contribution in [0.1, 0.15) is 32.3 Å². The molecule has 1 saturated heterocycles. The van der Waals surface area contributed by atoms with E-state index < -0.39 is 35.6 Å². The molecule has 1 aromatic carbocycles. The topological polar surface area (TPSA) is 38.3 Å². The van der Waals surface area contributed by atoms with Crippen LogP contribution in [0.3, 0.4) is 0 Å². The number of hydrogen-bond donors (Lipinski definition) is 1. The lowest BCUT2D eigenvalue weighted by Gasteiger charge is -2.36. The van der Waals surface area contributed by atoms with Crippen LogP contribution < -0.4 is 5.32 Å². The molecule has 1 N–H and O–H groups in total. The Morgan fingerprint density at radius 2 is 1.82 bits per heavy atom. The average molecular weight is 315 g/mol. The molecule has 6 heteroatoms. The maximum absolute atomic E-state index is 13.8. The number of rotatable bonds is 2. The highest BCUT2D eigenvalue weighted by atomic mass is 19.4. The summed E-state index contributed by atoms with van der Waals surface area (Å²) < 4.78 is 46.6. The summed E-state index contributed by atoms with van der Waals surface area (Å²) in [5.41, 5.74) is -3.04. The maximum Gasteiger partial charge on any atom is 0.406 e. The molecule has 1 fully saturated rings. The fraction of sp³-hybridized carbons (Fsp3) is 0.562. The summed E-state index contributed by atoms with van der Waals surface area (Å²) in [6.45, 7) is 4.31. The molecule has 1 aliphatic heterocycles. The van der Waals surface area contributed by atoms with Gasteiger partial charge in [0.25, 0.3) is 0 Å². The first-order chi connectivity index (χ1) is 10.1. The normalized spacial score (nSPS) is 26.0. The Kier molecular flexibility index (Phi) is 4.26. The van der Waals surface area contributed by atoms with E-state index in [9.17, 15) is 18.0 Å². The highest BCUT2D eigenvalue weighted by molar-refractivity contribution is 5.81. The van der Waals surface area contributed by atoms with Crippen LogP contribution in [0, 0.1) is 5.41 Å². The molecule has 0 aromatic heterocycles. The van der Waals surface area contributed by atoms with Gasteiger partial charge in [0.2, 0.25) is 0 Å². The van der Waals surface area contributed by atoms with E-state index >= 15 is 0 Å². The van der Waals surface area contributed by atoms with Crippen molar-refractivity contribution in [3.8, 4) is 0 Å². The highest BCUT2D eigenvalue weighted by Crippen LogP contribution is 2.52. The van der Waals surface area contributed by atoms with Crippen LogP contribution >= 0.6 is 0 Å². The number of hydrogen-bond acceptors (Lipinski definition) is 3. The Balaban J connectivity index is 2.47. The van der Waals surface area contributed by atoms with Crippen LogP contribution in [0.25, 0.3) is 0 Å². The fourth-order valence-electron chi connectivity index (χ4n) is 2.80. The lowest BCUT2D eigenvalue weighted by Crippen LogP contribution is -2.52. The van der Waals surface area contributed by atoms with Gasteiger partial charge in [-0.05, 0) is 26.3 Å². The van der Waals surface area contributed by atoms with Gasteiger partial charge < -0.3 is 10.1 Å². The molecule has 2 atom stereocenters. The molecule has 0 bridgehead atoms. The summed E-state index contributed by atoms with van der Waals surface area (Å²) >= 11 is 0. The molecule has 0 radical (unpaired) electrons. The molecule has 0 aliphatic carbocycles. The standard InChI is InChI=1S/C16H20F3NO2/c1-14(2,3)22-13(21)15(16(17,18)19)10-20-9-12(15)11-7-5-4-6-8-11/h4-8,12,20H,9-10H2,1-3H3/t12-,15-/m0/s1. The quantitative estimate of drug-likeness (QED) is 0.851. The van der Waals surface area contributed by atoms with Gasteiger partial charge in [0.05, 0.1) is 0 Å². The van der Waals surface area contributed by atoms with Crippen LogP contribution in [0.4, 0.5) is 13.2 Å². The molecule has 1 aliphatic rings. The average Bonchev–Trinajstić information content (AvgIpc) is 2.83. The van der Waals surface area contributed by atoms with Crippen LogP contribution in [0.15, 0.2) is 30.3 Å². The van der Waals surface area contributed by atoms with Crippen molar-refractivity contribution in [1.29, 1.82) is 0 Å². The van der Waals surface area contributed by atoms with Crippen molar-refractivity contribution in [1.82, 2.24) is 5.32 Å². The van der Waals surface area contributed by atoms with Gasteiger partial charge in [-0.15, -0.1) is 0 Å². The van der Waals surface area contributed by atoms with Gasteiger partial charge in [0.1, 0.15) is 5.60 Å². The van der Waals surface area contributed by atoms with Crippen molar-refractivity contribution in [2.24, 2.45) is 5.41 Å². The van der Waals surface area contributed by atoms with Gasteiger partial charge >= 0.3 is 12.1 Å². The third-order valence-electron chi connectivity index (χ3n) is 3.82. The minimum atomic E-state index is -4.70. The van der Waals surface area contributed by atoms with Crippen molar-refractivity contribution in [2.75, 3.05) is 13.1 Å². The van der Waals surface area contributed by atoms with Crippen LogP contribution in [-0.2, 0) is 9.53 Å². The van der Waals surface area contributed by atoms with Gasteiger partial charge in [-0.2, -0.15) is 13.2 Å². The van der Waals surface area contributed by atoms with Gasteiger partial charge in [-0.1, -0.05) is 30.3 Å². The molecule has 3 nitrogen and oxygen atoms in total. The zero-order valence-corrected chi connectivity index (χ0v) is 12.8. The van der Waals surface area contributed by atoms with E-state index in [1.54, 1.807) is 51.1 Å². The summed E-state index contributed by atoms with van der Waals surface area (Å²) in [5.74, 6) is -2.21. The van der Waals surface area contributed by atoms with E-state index in [1.165, 1.54) is 0 Å². The number of nitrogens with one attached hydrogen (secondary N) is 1. The zero-order chi connectivity index (χ0) is 16.6. The lowest BCUT2D eigenvalue weighted by molar-refractivity contribution is -0.238. The molecule has 1 aromatic rings. The van der Waals surface area contributed by atoms with E-state index in [0.717, 1.165) is 0 Å². The first kappa shape index (κ1) is 16.8. The van der Waals surface area contributed by atoms with E-state index in [1.807, 2.05) is 0 Å². The molecule has 0 unspecified atom stereocenters. The van der Waals surface area contributed by atoms with Crippen LogP contribution in [-0.4, -0.2) is 30.8 Å². The van der Waals surface area contributed by atoms with Gasteiger partial charge in [0.15, 0.2) is 5.41 Å². The zero-order valence-electron chi connectivity index (χ0n) is 12.8. The smallest absolute Gasteiger partial charge is 0.406 e. The third-order valence-corrected chi connectivity index (χ3v) is 3.82. The lowest BCUT2D eigenvalue weighted by atomic mass is 9.73. The Hall–Kier alpha value is -1.56. The Bertz CT molecular complexity index is 537. The molecule has 1 heterocycles. The molecular formula is C16H20F3NO2. The Labute approximate surface area is 127 Å². The first-order valence-corrected chi connectivity index (χ1v) is 7.14. The second-order valence-corrected chi connectivity index (χ2v) is 6.57. The van der Waals surface area contributed by atoms with Gasteiger partial charge in [-0.25, -0.2) is 0 Å². The van der Waals surface area contributed by atoms with Crippen molar-refractivity contribution in [3.63, 3.8) is 0 Å². The van der Waals surface area contributed by atoms with E-state index in [0.29, 0.717) is 5.56 Å². The SMILES string of the molecule is CC(C)(C)OC(=O)[C@]1(C(F)(F)F)CNC[C@H]1c1ccccc1.